The van der Waals surface area contributed by atoms with Crippen molar-refractivity contribution in [2.75, 3.05) is 5.43 Å². The molecule has 0 atom stereocenters. The van der Waals surface area contributed by atoms with Gasteiger partial charge >= 0.3 is 0 Å². The molecule has 0 spiro atoms. The van der Waals surface area contributed by atoms with Gasteiger partial charge in [0.25, 0.3) is 0 Å². The van der Waals surface area contributed by atoms with E-state index in [0.29, 0.717) is 5.95 Å². The van der Waals surface area contributed by atoms with Gasteiger partial charge < -0.3 is 0 Å². The summed E-state index contributed by atoms with van der Waals surface area (Å²) >= 11 is 0. The summed E-state index contributed by atoms with van der Waals surface area (Å²) in [5.74, 6) is 5.74. The number of nitrogens with one attached hydrogen (secondary N) is 1. The number of rotatable bonds is 2. The Morgan fingerprint density at radius 2 is 1.76 bits per heavy atom. The summed E-state index contributed by atoms with van der Waals surface area (Å²) in [4.78, 5) is 8.35. The molecule has 0 saturated carbocycles. The van der Waals surface area contributed by atoms with Crippen LogP contribution in [0.15, 0.2) is 24.4 Å². The van der Waals surface area contributed by atoms with Crippen LogP contribution >= 0.6 is 0 Å². The topological polar surface area (TPSA) is 63.8 Å². The number of hydrogen-bond donors (Lipinski definition) is 2. The predicted molar refractivity (Wildman–Crippen MR) is 69.5 cm³/mol. The first-order chi connectivity index (χ1) is 8.11. The maximum atomic E-state index is 5.31. The summed E-state index contributed by atoms with van der Waals surface area (Å²) in [5.41, 5.74) is 8.21. The first-order valence-corrected chi connectivity index (χ1v) is 5.49. The molecule has 2 aromatic rings. The Morgan fingerprint density at radius 1 is 1.06 bits per heavy atom. The second-order valence-electron chi connectivity index (χ2n) is 4.16. The molecule has 3 N–H and O–H groups in total. The number of hydrogen-bond acceptors (Lipinski definition) is 4. The first-order valence-electron chi connectivity index (χ1n) is 5.49. The fraction of sp³-hybridized carbons (Fsp3) is 0.231. The van der Waals surface area contributed by atoms with Crippen molar-refractivity contribution in [1.29, 1.82) is 0 Å². The minimum Gasteiger partial charge on any atom is -0.292 e. The van der Waals surface area contributed by atoms with Gasteiger partial charge in [-0.2, -0.15) is 0 Å². The van der Waals surface area contributed by atoms with Crippen LogP contribution in [-0.4, -0.2) is 9.97 Å². The van der Waals surface area contributed by atoms with Crippen molar-refractivity contribution in [2.24, 2.45) is 5.84 Å². The molecular formula is C13H16N4. The first kappa shape index (κ1) is 11.5. The number of benzene rings is 1. The fourth-order valence-corrected chi connectivity index (χ4v) is 1.81. The van der Waals surface area contributed by atoms with Crippen LogP contribution in [-0.2, 0) is 0 Å². The van der Waals surface area contributed by atoms with Crippen LogP contribution in [0.2, 0.25) is 0 Å². The number of aryl methyl sites for hydroxylation is 3. The Hall–Kier alpha value is -1.94. The van der Waals surface area contributed by atoms with Crippen LogP contribution in [0.5, 0.6) is 0 Å². The molecule has 0 radical (unpaired) electrons. The maximum absolute atomic E-state index is 5.31. The average Bonchev–Trinajstić information content (AvgIpc) is 2.34. The van der Waals surface area contributed by atoms with Gasteiger partial charge in [-0.15, -0.1) is 0 Å². The van der Waals surface area contributed by atoms with E-state index < -0.39 is 0 Å². The fourth-order valence-electron chi connectivity index (χ4n) is 1.81. The molecule has 88 valence electrons. The largest absolute Gasteiger partial charge is 0.292 e. The van der Waals surface area contributed by atoms with E-state index in [4.69, 9.17) is 5.84 Å². The average molecular weight is 228 g/mol. The monoisotopic (exact) mass is 228 g/mol. The van der Waals surface area contributed by atoms with E-state index >= 15 is 0 Å². The Balaban J connectivity index is 2.56. The Morgan fingerprint density at radius 3 is 2.47 bits per heavy atom. The molecule has 0 aliphatic heterocycles. The molecule has 0 saturated heterocycles. The second kappa shape index (κ2) is 4.51. The number of hydrazine groups is 1. The molecule has 0 aliphatic carbocycles. The van der Waals surface area contributed by atoms with Crippen molar-refractivity contribution in [3.8, 4) is 11.3 Å². The third kappa shape index (κ3) is 2.26. The molecule has 0 aliphatic rings. The van der Waals surface area contributed by atoms with Gasteiger partial charge in [0.15, 0.2) is 0 Å². The molecule has 4 nitrogen and oxygen atoms in total. The van der Waals surface area contributed by atoms with E-state index in [1.165, 1.54) is 16.7 Å². The zero-order chi connectivity index (χ0) is 12.4. The Labute approximate surface area is 101 Å². The molecule has 4 heteroatoms. The molecule has 1 heterocycles. The standard InChI is InChI=1S/C13H16N4/c1-8-6-10(3)11(7-9(8)2)12-4-5-15-13(16-12)17-14/h4-7H,14H2,1-3H3,(H,15,16,17). The lowest BCUT2D eigenvalue weighted by Gasteiger charge is -2.09. The molecule has 0 unspecified atom stereocenters. The van der Waals surface area contributed by atoms with Crippen LogP contribution in [0, 0.1) is 20.8 Å². The van der Waals surface area contributed by atoms with Crippen LogP contribution < -0.4 is 11.3 Å². The number of nitrogen functional groups attached to an aromatic ring is 1. The Bertz CT molecular complexity index is 549. The van der Waals surface area contributed by atoms with Gasteiger partial charge in [-0.25, -0.2) is 15.8 Å². The highest BCUT2D eigenvalue weighted by Gasteiger charge is 2.06. The molecule has 0 fully saturated rings. The number of aromatic nitrogens is 2. The van der Waals surface area contributed by atoms with Crippen molar-refractivity contribution in [1.82, 2.24) is 9.97 Å². The lowest BCUT2D eigenvalue weighted by molar-refractivity contribution is 1.12. The number of anilines is 1. The zero-order valence-electron chi connectivity index (χ0n) is 10.3. The van der Waals surface area contributed by atoms with E-state index in [-0.39, 0.29) is 0 Å². The van der Waals surface area contributed by atoms with Crippen molar-refractivity contribution >= 4 is 5.95 Å². The molecule has 1 aromatic carbocycles. The van der Waals surface area contributed by atoms with Crippen molar-refractivity contribution in [3.05, 3.63) is 41.1 Å². The van der Waals surface area contributed by atoms with E-state index in [9.17, 15) is 0 Å². The summed E-state index contributed by atoms with van der Waals surface area (Å²) in [6, 6.07) is 6.20. The summed E-state index contributed by atoms with van der Waals surface area (Å²) in [5, 5.41) is 0. The van der Waals surface area contributed by atoms with E-state index in [2.05, 4.69) is 48.3 Å². The molecule has 1 aromatic heterocycles. The second-order valence-corrected chi connectivity index (χ2v) is 4.16. The van der Waals surface area contributed by atoms with E-state index in [0.717, 1.165) is 11.3 Å². The summed E-state index contributed by atoms with van der Waals surface area (Å²) in [6.45, 7) is 6.29. The smallest absolute Gasteiger partial charge is 0.237 e. The van der Waals surface area contributed by atoms with Gasteiger partial charge in [-0.05, 0) is 49.6 Å². The SMILES string of the molecule is Cc1cc(C)c(-c2ccnc(NN)n2)cc1C. The van der Waals surface area contributed by atoms with Crippen LogP contribution in [0.25, 0.3) is 11.3 Å². The Kier molecular flexibility index (Phi) is 3.06. The molecule has 0 bridgehead atoms. The van der Waals surface area contributed by atoms with Gasteiger partial charge in [0.1, 0.15) is 0 Å². The van der Waals surface area contributed by atoms with Crippen molar-refractivity contribution < 1.29 is 0 Å². The third-order valence-electron chi connectivity index (χ3n) is 2.90. The maximum Gasteiger partial charge on any atom is 0.237 e. The van der Waals surface area contributed by atoms with Crippen LogP contribution in [0.1, 0.15) is 16.7 Å². The van der Waals surface area contributed by atoms with Gasteiger partial charge in [0.05, 0.1) is 5.69 Å². The number of nitrogens with zero attached hydrogens (tertiary/aromatic N) is 2. The molecule has 2 rings (SSSR count). The quantitative estimate of drug-likeness (QED) is 0.611. The van der Waals surface area contributed by atoms with Gasteiger partial charge in [-0.3, -0.25) is 5.43 Å². The molecule has 0 amide bonds. The molecular weight excluding hydrogens is 212 g/mol. The highest BCUT2D eigenvalue weighted by Crippen LogP contribution is 2.25. The normalized spacial score (nSPS) is 10.4. The van der Waals surface area contributed by atoms with E-state index in [1.54, 1.807) is 6.20 Å². The lowest BCUT2D eigenvalue weighted by atomic mass is 9.99. The summed E-state index contributed by atoms with van der Waals surface area (Å²) < 4.78 is 0. The number of nitrogens with two attached hydrogens (primary N) is 1. The van der Waals surface area contributed by atoms with Gasteiger partial charge in [0.2, 0.25) is 5.95 Å². The third-order valence-corrected chi connectivity index (χ3v) is 2.90. The highest BCUT2D eigenvalue weighted by molar-refractivity contribution is 5.65. The van der Waals surface area contributed by atoms with Crippen molar-refractivity contribution in [2.45, 2.75) is 20.8 Å². The summed E-state index contributed by atoms with van der Waals surface area (Å²) in [6.07, 6.45) is 1.70. The molecule has 17 heavy (non-hydrogen) atoms. The zero-order valence-corrected chi connectivity index (χ0v) is 10.3. The summed E-state index contributed by atoms with van der Waals surface area (Å²) in [7, 11) is 0. The van der Waals surface area contributed by atoms with Crippen LogP contribution in [0.4, 0.5) is 5.95 Å². The van der Waals surface area contributed by atoms with E-state index in [1.807, 2.05) is 6.07 Å². The minimum atomic E-state index is 0.431. The van der Waals surface area contributed by atoms with Crippen molar-refractivity contribution in [3.63, 3.8) is 0 Å². The highest BCUT2D eigenvalue weighted by atomic mass is 15.3. The lowest BCUT2D eigenvalue weighted by Crippen LogP contribution is -2.10. The minimum absolute atomic E-state index is 0.431. The van der Waals surface area contributed by atoms with Gasteiger partial charge in [0, 0.05) is 11.8 Å². The van der Waals surface area contributed by atoms with Gasteiger partial charge in [-0.1, -0.05) is 6.07 Å². The predicted octanol–water partition coefficient (Wildman–Crippen LogP) is 2.35. The van der Waals surface area contributed by atoms with Crippen LogP contribution in [0.3, 0.4) is 0 Å².